The fraction of sp³-hybridized carbons (Fsp3) is 0.686. The minimum absolute atomic E-state index is 0.0489. The van der Waals surface area contributed by atoms with Gasteiger partial charge in [-0.3, -0.25) is 14.5 Å². The van der Waals surface area contributed by atoms with Crippen LogP contribution in [0.15, 0.2) is 28.7 Å². The van der Waals surface area contributed by atoms with Crippen molar-refractivity contribution in [3.05, 3.63) is 30.0 Å². The zero-order chi connectivity index (χ0) is 32.0. The summed E-state index contributed by atoms with van der Waals surface area (Å²) in [5, 5.41) is 3.79. The predicted molar refractivity (Wildman–Crippen MR) is 172 cm³/mol. The monoisotopic (exact) mass is 640 g/mol. The average molecular weight is 641 g/mol. The van der Waals surface area contributed by atoms with Crippen molar-refractivity contribution in [1.82, 2.24) is 9.80 Å². The lowest BCUT2D eigenvalue weighted by Gasteiger charge is -2.36. The van der Waals surface area contributed by atoms with Gasteiger partial charge < -0.3 is 29.8 Å². The quantitative estimate of drug-likeness (QED) is 0.356. The van der Waals surface area contributed by atoms with Crippen molar-refractivity contribution < 1.29 is 32.7 Å². The summed E-state index contributed by atoms with van der Waals surface area (Å²) >= 11 is 0. The highest BCUT2D eigenvalue weighted by Crippen LogP contribution is 2.41. The molecule has 11 heteroatoms. The number of morpholine rings is 1. The Balaban J connectivity index is 1.12. The number of alkyl halides is 1. The highest BCUT2D eigenvalue weighted by Gasteiger charge is 2.47. The van der Waals surface area contributed by atoms with E-state index in [1.165, 1.54) is 6.42 Å². The summed E-state index contributed by atoms with van der Waals surface area (Å²) in [6.07, 6.45) is 9.42. The number of halogens is 1. The minimum Gasteiger partial charge on any atom is -0.458 e. The summed E-state index contributed by atoms with van der Waals surface area (Å²) in [7, 11) is 0. The van der Waals surface area contributed by atoms with Crippen LogP contribution in [0.3, 0.4) is 0 Å². The van der Waals surface area contributed by atoms with E-state index in [9.17, 15) is 18.8 Å². The SMILES string of the molecule is NC(CF)C1CCC(C(=O)N2CC[C@@H](C3CCCCC3)[C@H]2C(=O)Nc2ccc3oc(C(=O)OCCN4CCOCC4)cc3c2)CC1. The van der Waals surface area contributed by atoms with Crippen molar-refractivity contribution in [1.29, 1.82) is 0 Å². The molecule has 2 aliphatic heterocycles. The molecule has 3 N–H and O–H groups in total. The van der Waals surface area contributed by atoms with Crippen molar-refractivity contribution in [2.24, 2.45) is 29.4 Å². The number of nitrogens with one attached hydrogen (secondary N) is 1. The highest BCUT2D eigenvalue weighted by molar-refractivity contribution is 6.00. The zero-order valence-corrected chi connectivity index (χ0v) is 26.8. The first-order valence-corrected chi connectivity index (χ1v) is 17.3. The highest BCUT2D eigenvalue weighted by atomic mass is 19.1. The van der Waals surface area contributed by atoms with Crippen LogP contribution >= 0.6 is 0 Å². The molecule has 2 amide bonds. The van der Waals surface area contributed by atoms with Crippen LogP contribution in [-0.4, -0.2) is 92.3 Å². The minimum atomic E-state index is -0.536. The van der Waals surface area contributed by atoms with Gasteiger partial charge in [0.05, 0.1) is 13.2 Å². The molecule has 4 fully saturated rings. The maximum Gasteiger partial charge on any atom is 0.374 e. The smallest absolute Gasteiger partial charge is 0.374 e. The zero-order valence-electron chi connectivity index (χ0n) is 26.8. The van der Waals surface area contributed by atoms with Crippen LogP contribution in [0.25, 0.3) is 11.0 Å². The summed E-state index contributed by atoms with van der Waals surface area (Å²) in [6, 6.07) is 5.96. The van der Waals surface area contributed by atoms with E-state index in [0.717, 1.165) is 58.0 Å². The molecule has 0 spiro atoms. The molecule has 2 aliphatic carbocycles. The van der Waals surface area contributed by atoms with Gasteiger partial charge in [-0.25, -0.2) is 9.18 Å². The van der Waals surface area contributed by atoms with E-state index >= 15 is 0 Å². The van der Waals surface area contributed by atoms with E-state index in [2.05, 4.69) is 10.2 Å². The molecule has 2 saturated carbocycles. The third kappa shape index (κ3) is 7.58. The van der Waals surface area contributed by atoms with Crippen LogP contribution in [0.2, 0.25) is 0 Å². The number of carbonyl (C=O) groups excluding carboxylic acids is 3. The van der Waals surface area contributed by atoms with Gasteiger partial charge in [0.25, 0.3) is 0 Å². The molecule has 2 aromatic rings. The van der Waals surface area contributed by atoms with Gasteiger partial charge in [-0.1, -0.05) is 32.1 Å². The number of anilines is 1. The number of fused-ring (bicyclic) bond motifs is 1. The first kappa shape index (κ1) is 32.9. The molecular weight excluding hydrogens is 591 g/mol. The number of nitrogens with zero attached hydrogens (tertiary/aromatic N) is 2. The van der Waals surface area contributed by atoms with Crippen LogP contribution < -0.4 is 11.1 Å². The van der Waals surface area contributed by atoms with Crippen LogP contribution in [0.4, 0.5) is 10.1 Å². The van der Waals surface area contributed by atoms with Gasteiger partial charge in [0.2, 0.25) is 17.6 Å². The summed E-state index contributed by atoms with van der Waals surface area (Å²) in [5.41, 5.74) is 7.08. The molecule has 252 valence electrons. The average Bonchev–Trinajstić information content (AvgIpc) is 3.74. The molecule has 3 atom stereocenters. The molecule has 0 bridgehead atoms. The Labute approximate surface area is 270 Å². The number of benzene rings is 1. The molecule has 0 radical (unpaired) electrons. The van der Waals surface area contributed by atoms with Crippen LogP contribution in [0, 0.1) is 23.7 Å². The molecule has 6 rings (SSSR count). The third-order valence-corrected chi connectivity index (χ3v) is 10.9. The first-order chi connectivity index (χ1) is 22.4. The molecule has 46 heavy (non-hydrogen) atoms. The lowest BCUT2D eigenvalue weighted by molar-refractivity contribution is -0.142. The lowest BCUT2D eigenvalue weighted by atomic mass is 9.76. The number of carbonyl (C=O) groups is 3. The Morgan fingerprint density at radius 2 is 1.74 bits per heavy atom. The standard InChI is InChI=1S/C35H49FN4O6/c36-22-29(37)24-6-8-25(9-7-24)34(42)40-13-12-28(23-4-2-1-3-5-23)32(40)33(41)38-27-10-11-30-26(20-27)21-31(46-30)35(43)45-19-16-39-14-17-44-18-15-39/h10-11,20-21,23-25,28-29,32H,1-9,12-19,22,37H2,(H,38,41)/t24?,25?,28-,29?,32-/m0/s1. The van der Waals surface area contributed by atoms with E-state index in [4.69, 9.17) is 19.6 Å². The number of esters is 1. The van der Waals surface area contributed by atoms with Gasteiger partial charge in [-0.05, 0) is 74.1 Å². The molecule has 1 unspecified atom stereocenters. The van der Waals surface area contributed by atoms with Crippen LogP contribution in [-0.2, 0) is 19.1 Å². The van der Waals surface area contributed by atoms with E-state index < -0.39 is 24.7 Å². The summed E-state index contributed by atoms with van der Waals surface area (Å²) < 4.78 is 29.7. The molecule has 10 nitrogen and oxygen atoms in total. The fourth-order valence-electron chi connectivity index (χ4n) is 8.21. The normalized spacial score (nSPS) is 27.0. The number of nitrogens with two attached hydrogens (primary N) is 1. The van der Waals surface area contributed by atoms with Crippen molar-refractivity contribution in [3.63, 3.8) is 0 Å². The van der Waals surface area contributed by atoms with Gasteiger partial charge in [-0.2, -0.15) is 0 Å². The lowest BCUT2D eigenvalue weighted by Crippen LogP contribution is -2.50. The number of hydrogen-bond donors (Lipinski definition) is 2. The Bertz CT molecular complexity index is 1350. The van der Waals surface area contributed by atoms with Crippen molar-refractivity contribution in [2.45, 2.75) is 76.3 Å². The summed E-state index contributed by atoms with van der Waals surface area (Å²) in [5.74, 6) is -0.0210. The molecule has 4 aliphatic rings. The van der Waals surface area contributed by atoms with E-state index in [1.54, 1.807) is 24.3 Å². The molecule has 1 aromatic heterocycles. The molecule has 1 aromatic carbocycles. The Morgan fingerprint density at radius 1 is 0.978 bits per heavy atom. The van der Waals surface area contributed by atoms with Crippen LogP contribution in [0.1, 0.15) is 74.8 Å². The predicted octanol–water partition coefficient (Wildman–Crippen LogP) is 4.76. The summed E-state index contributed by atoms with van der Waals surface area (Å²) in [6.45, 7) is 3.97. The van der Waals surface area contributed by atoms with E-state index in [-0.39, 0.29) is 41.9 Å². The van der Waals surface area contributed by atoms with Crippen molar-refractivity contribution >= 4 is 34.4 Å². The second-order valence-electron chi connectivity index (χ2n) is 13.7. The van der Waals surface area contributed by atoms with Gasteiger partial charge >= 0.3 is 5.97 Å². The van der Waals surface area contributed by atoms with Crippen molar-refractivity contribution in [3.8, 4) is 0 Å². The molecule has 3 heterocycles. The number of ether oxygens (including phenoxy) is 2. The van der Waals surface area contributed by atoms with Crippen molar-refractivity contribution in [2.75, 3.05) is 58.0 Å². The Hall–Kier alpha value is -3.02. The number of hydrogen-bond acceptors (Lipinski definition) is 8. The maximum atomic E-state index is 14.1. The van der Waals surface area contributed by atoms with Gasteiger partial charge in [-0.15, -0.1) is 0 Å². The fourth-order valence-corrected chi connectivity index (χ4v) is 8.21. The number of likely N-dealkylation sites (tertiary alicyclic amines) is 1. The Kier molecular flexibility index (Phi) is 10.9. The number of rotatable bonds is 10. The first-order valence-electron chi connectivity index (χ1n) is 17.3. The number of furan rings is 1. The third-order valence-electron chi connectivity index (χ3n) is 10.9. The summed E-state index contributed by atoms with van der Waals surface area (Å²) in [4.78, 5) is 44.7. The molecule has 2 saturated heterocycles. The van der Waals surface area contributed by atoms with Gasteiger partial charge in [0.15, 0.2) is 0 Å². The Morgan fingerprint density at radius 3 is 2.48 bits per heavy atom. The van der Waals surface area contributed by atoms with E-state index in [1.807, 2.05) is 4.90 Å². The second kappa shape index (κ2) is 15.3. The largest absolute Gasteiger partial charge is 0.458 e. The topological polar surface area (TPSA) is 127 Å². The van der Waals surface area contributed by atoms with Gasteiger partial charge in [0, 0.05) is 49.2 Å². The number of amides is 2. The molecular formula is C35H49FN4O6. The van der Waals surface area contributed by atoms with Crippen LogP contribution in [0.5, 0.6) is 0 Å². The second-order valence-corrected chi connectivity index (χ2v) is 13.7. The van der Waals surface area contributed by atoms with Gasteiger partial charge in [0.1, 0.15) is 24.9 Å². The van der Waals surface area contributed by atoms with E-state index in [0.29, 0.717) is 61.7 Å². The maximum absolute atomic E-state index is 14.1.